The molecule has 0 bridgehead atoms. The summed E-state index contributed by atoms with van der Waals surface area (Å²) in [5.41, 5.74) is 5.09. The molecule has 0 radical (unpaired) electrons. The number of benzene rings is 1. The molecule has 0 aliphatic carbocycles. The van der Waals surface area contributed by atoms with Crippen molar-refractivity contribution in [2.75, 3.05) is 5.32 Å². The highest BCUT2D eigenvalue weighted by molar-refractivity contribution is 7.80. The Labute approximate surface area is 106 Å². The Morgan fingerprint density at radius 3 is 2.78 bits per heavy atom. The number of thiocarbonyl (C=S) groups is 1. The fourth-order valence-electron chi connectivity index (χ4n) is 1.32. The predicted octanol–water partition coefficient (Wildman–Crippen LogP) is 1.59. The zero-order valence-electron chi connectivity index (χ0n) is 8.98. The van der Waals surface area contributed by atoms with Gasteiger partial charge in [-0.3, -0.25) is 0 Å². The van der Waals surface area contributed by atoms with Gasteiger partial charge in [-0.1, -0.05) is 17.4 Å². The second kappa shape index (κ2) is 5.05. The van der Waals surface area contributed by atoms with Crippen LogP contribution >= 0.6 is 12.2 Å². The molecule has 0 amide bonds. The molecule has 0 saturated heterocycles. The molecule has 0 aliphatic heterocycles. The molecule has 0 unspecified atom stereocenters. The standard InChI is InChI=1S/C10H8F2N4OS/c11-8-5(10(13)18)1-2-6(9(8)12)14-3-7-15-4-17-16-7/h1-2,4,14H,3H2,(H2,13,18). The molecule has 1 aromatic carbocycles. The molecule has 94 valence electrons. The van der Waals surface area contributed by atoms with E-state index in [0.717, 1.165) is 6.39 Å². The topological polar surface area (TPSA) is 77.0 Å². The first-order chi connectivity index (χ1) is 8.59. The molecular weight excluding hydrogens is 262 g/mol. The quantitative estimate of drug-likeness (QED) is 0.822. The van der Waals surface area contributed by atoms with Crippen LogP contribution in [0.1, 0.15) is 11.4 Å². The zero-order chi connectivity index (χ0) is 13.1. The molecule has 8 heteroatoms. The summed E-state index contributed by atoms with van der Waals surface area (Å²) in [6.07, 6.45) is 1.14. The minimum Gasteiger partial charge on any atom is -0.389 e. The predicted molar refractivity (Wildman–Crippen MR) is 63.9 cm³/mol. The van der Waals surface area contributed by atoms with E-state index in [1.165, 1.54) is 12.1 Å². The third-order valence-corrected chi connectivity index (χ3v) is 2.41. The second-order valence-electron chi connectivity index (χ2n) is 3.35. The molecule has 18 heavy (non-hydrogen) atoms. The Morgan fingerprint density at radius 2 is 2.17 bits per heavy atom. The summed E-state index contributed by atoms with van der Waals surface area (Å²) in [7, 11) is 0. The van der Waals surface area contributed by atoms with Crippen LogP contribution in [0.2, 0.25) is 0 Å². The zero-order valence-corrected chi connectivity index (χ0v) is 9.80. The molecule has 0 saturated carbocycles. The molecule has 0 spiro atoms. The van der Waals surface area contributed by atoms with Crippen LogP contribution in [0.15, 0.2) is 23.0 Å². The van der Waals surface area contributed by atoms with Crippen LogP contribution in [0.25, 0.3) is 0 Å². The number of nitrogens with zero attached hydrogens (tertiary/aromatic N) is 2. The van der Waals surface area contributed by atoms with Crippen molar-refractivity contribution in [3.05, 3.63) is 41.5 Å². The molecule has 0 atom stereocenters. The molecule has 1 heterocycles. The van der Waals surface area contributed by atoms with E-state index in [-0.39, 0.29) is 22.8 Å². The smallest absolute Gasteiger partial charge is 0.213 e. The van der Waals surface area contributed by atoms with Crippen molar-refractivity contribution in [2.45, 2.75) is 6.54 Å². The van der Waals surface area contributed by atoms with Crippen LogP contribution in [0, 0.1) is 11.6 Å². The number of rotatable bonds is 4. The van der Waals surface area contributed by atoms with E-state index in [4.69, 9.17) is 5.73 Å². The van der Waals surface area contributed by atoms with Gasteiger partial charge in [0.2, 0.25) is 6.39 Å². The second-order valence-corrected chi connectivity index (χ2v) is 3.79. The van der Waals surface area contributed by atoms with Gasteiger partial charge in [0.25, 0.3) is 0 Å². The van der Waals surface area contributed by atoms with Crippen molar-refractivity contribution in [3.63, 3.8) is 0 Å². The van der Waals surface area contributed by atoms with Gasteiger partial charge in [0.05, 0.1) is 12.2 Å². The van der Waals surface area contributed by atoms with Crippen molar-refractivity contribution in [1.29, 1.82) is 0 Å². The summed E-state index contributed by atoms with van der Waals surface area (Å²) >= 11 is 4.60. The van der Waals surface area contributed by atoms with E-state index >= 15 is 0 Å². The van der Waals surface area contributed by atoms with Crippen LogP contribution in [0.5, 0.6) is 0 Å². The number of anilines is 1. The third-order valence-electron chi connectivity index (χ3n) is 2.19. The Balaban J connectivity index is 2.19. The summed E-state index contributed by atoms with van der Waals surface area (Å²) in [4.78, 5) is 3.53. The summed E-state index contributed by atoms with van der Waals surface area (Å²) in [6.45, 7) is 0.110. The average molecular weight is 270 g/mol. The van der Waals surface area contributed by atoms with Gasteiger partial charge in [-0.2, -0.15) is 4.98 Å². The van der Waals surface area contributed by atoms with Crippen LogP contribution in [-0.2, 0) is 6.54 Å². The number of hydrogen-bond donors (Lipinski definition) is 2. The Hall–Kier alpha value is -2.09. The van der Waals surface area contributed by atoms with Gasteiger partial charge in [0.1, 0.15) is 4.99 Å². The molecule has 2 rings (SSSR count). The minimum absolute atomic E-state index is 0.0303. The highest BCUT2D eigenvalue weighted by Crippen LogP contribution is 2.21. The first-order valence-electron chi connectivity index (χ1n) is 4.86. The monoisotopic (exact) mass is 270 g/mol. The van der Waals surface area contributed by atoms with Gasteiger partial charge in [0, 0.05) is 5.56 Å². The number of nitrogens with one attached hydrogen (secondary N) is 1. The van der Waals surface area contributed by atoms with E-state index in [0.29, 0.717) is 5.82 Å². The Morgan fingerprint density at radius 1 is 1.39 bits per heavy atom. The van der Waals surface area contributed by atoms with Crippen molar-refractivity contribution in [1.82, 2.24) is 10.1 Å². The lowest BCUT2D eigenvalue weighted by Crippen LogP contribution is -2.14. The Kier molecular flexibility index (Phi) is 3.47. The number of nitrogens with two attached hydrogens (primary N) is 1. The molecule has 3 N–H and O–H groups in total. The van der Waals surface area contributed by atoms with Crippen LogP contribution < -0.4 is 11.1 Å². The maximum Gasteiger partial charge on any atom is 0.213 e. The fourth-order valence-corrected chi connectivity index (χ4v) is 1.48. The SMILES string of the molecule is NC(=S)c1ccc(NCc2ncon2)c(F)c1F. The van der Waals surface area contributed by atoms with E-state index in [9.17, 15) is 8.78 Å². The fraction of sp³-hybridized carbons (Fsp3) is 0.100. The van der Waals surface area contributed by atoms with Crippen molar-refractivity contribution < 1.29 is 13.3 Å². The maximum atomic E-state index is 13.6. The number of aromatic nitrogens is 2. The van der Waals surface area contributed by atoms with Gasteiger partial charge in [-0.05, 0) is 12.1 Å². The molecule has 1 aromatic heterocycles. The molecule has 0 fully saturated rings. The average Bonchev–Trinajstić information content (AvgIpc) is 2.83. The van der Waals surface area contributed by atoms with Crippen LogP contribution in [-0.4, -0.2) is 15.1 Å². The Bertz CT molecular complexity index is 574. The van der Waals surface area contributed by atoms with Crippen LogP contribution in [0.3, 0.4) is 0 Å². The van der Waals surface area contributed by atoms with Crippen molar-refractivity contribution in [2.24, 2.45) is 5.73 Å². The molecular formula is C10H8F2N4OS. The van der Waals surface area contributed by atoms with E-state index in [1.54, 1.807) is 0 Å². The summed E-state index contributed by atoms with van der Waals surface area (Å²) in [6, 6.07) is 2.65. The number of halogens is 2. The first kappa shape index (κ1) is 12.4. The van der Waals surface area contributed by atoms with Gasteiger partial charge in [-0.15, -0.1) is 0 Å². The molecule has 0 aliphatic rings. The van der Waals surface area contributed by atoms with E-state index < -0.39 is 11.6 Å². The third kappa shape index (κ3) is 2.43. The highest BCUT2D eigenvalue weighted by Gasteiger charge is 2.15. The molecule has 5 nitrogen and oxygen atoms in total. The lowest BCUT2D eigenvalue weighted by atomic mass is 10.2. The summed E-state index contributed by atoms with van der Waals surface area (Å²) in [5.74, 6) is -1.81. The van der Waals surface area contributed by atoms with Crippen LogP contribution in [0.4, 0.5) is 14.5 Å². The van der Waals surface area contributed by atoms with Gasteiger partial charge < -0.3 is 15.6 Å². The summed E-state index contributed by atoms with van der Waals surface area (Å²) in [5, 5.41) is 6.16. The molecule has 2 aromatic rings. The van der Waals surface area contributed by atoms with Crippen molar-refractivity contribution >= 4 is 22.9 Å². The highest BCUT2D eigenvalue weighted by atomic mass is 32.1. The van der Waals surface area contributed by atoms with E-state index in [1.807, 2.05) is 0 Å². The van der Waals surface area contributed by atoms with E-state index in [2.05, 4.69) is 32.2 Å². The van der Waals surface area contributed by atoms with Gasteiger partial charge >= 0.3 is 0 Å². The van der Waals surface area contributed by atoms with Gasteiger partial charge in [-0.25, -0.2) is 8.78 Å². The largest absolute Gasteiger partial charge is 0.389 e. The normalized spacial score (nSPS) is 10.3. The first-order valence-corrected chi connectivity index (χ1v) is 5.27. The van der Waals surface area contributed by atoms with Crippen molar-refractivity contribution in [3.8, 4) is 0 Å². The minimum atomic E-state index is -1.08. The van der Waals surface area contributed by atoms with Gasteiger partial charge in [0.15, 0.2) is 17.5 Å². The lowest BCUT2D eigenvalue weighted by molar-refractivity contribution is 0.411. The maximum absolute atomic E-state index is 13.6. The summed E-state index contributed by atoms with van der Waals surface area (Å²) < 4.78 is 31.7. The number of hydrogen-bond acceptors (Lipinski definition) is 5. The lowest BCUT2D eigenvalue weighted by Gasteiger charge is -2.08.